The van der Waals surface area contributed by atoms with Crippen LogP contribution in [0.5, 0.6) is 0 Å². The van der Waals surface area contributed by atoms with E-state index in [0.717, 1.165) is 36.3 Å². The van der Waals surface area contributed by atoms with Gasteiger partial charge in [0.05, 0.1) is 17.0 Å². The molecule has 0 radical (unpaired) electrons. The number of benzene rings is 1. The van der Waals surface area contributed by atoms with Crippen molar-refractivity contribution in [2.75, 3.05) is 6.54 Å². The quantitative estimate of drug-likeness (QED) is 0.916. The molecule has 2 aromatic rings. The summed E-state index contributed by atoms with van der Waals surface area (Å²) in [5.74, 6) is -0.0197. The molecule has 1 saturated heterocycles. The summed E-state index contributed by atoms with van der Waals surface area (Å²) in [6.07, 6.45) is 1.95. The van der Waals surface area contributed by atoms with E-state index in [2.05, 4.69) is 22.5 Å². The summed E-state index contributed by atoms with van der Waals surface area (Å²) in [5.41, 5.74) is 3.39. The maximum Gasteiger partial charge on any atom is 0.253 e. The van der Waals surface area contributed by atoms with Gasteiger partial charge in [-0.05, 0) is 45.4 Å². The van der Waals surface area contributed by atoms with Crippen molar-refractivity contribution in [3.63, 3.8) is 0 Å². The van der Waals surface area contributed by atoms with E-state index in [-0.39, 0.29) is 11.9 Å². The number of hydrogen-bond acceptors (Lipinski definition) is 3. The fraction of sp³-hybridized carbons (Fsp3) is 0.368. The number of amides is 1. The van der Waals surface area contributed by atoms with Gasteiger partial charge >= 0.3 is 0 Å². The Morgan fingerprint density at radius 1 is 1.22 bits per heavy atom. The van der Waals surface area contributed by atoms with E-state index < -0.39 is 0 Å². The molecule has 1 aromatic carbocycles. The second kappa shape index (κ2) is 6.92. The SMILES string of the molecule is Cc1nc(-c2ccccc2)ccc1C(=O)NC1CCNC(C)C1. The molecular weight excluding hydrogens is 286 g/mol. The van der Waals surface area contributed by atoms with Crippen LogP contribution in [0.25, 0.3) is 11.3 Å². The van der Waals surface area contributed by atoms with Gasteiger partial charge in [0.15, 0.2) is 0 Å². The number of rotatable bonds is 3. The zero-order valence-electron chi connectivity index (χ0n) is 13.7. The van der Waals surface area contributed by atoms with Gasteiger partial charge in [0, 0.05) is 17.6 Å². The van der Waals surface area contributed by atoms with Gasteiger partial charge in [-0.3, -0.25) is 9.78 Å². The summed E-state index contributed by atoms with van der Waals surface area (Å²) in [6.45, 7) is 5.00. The molecule has 0 saturated carbocycles. The number of carbonyl (C=O) groups excluding carboxylic acids is 1. The minimum Gasteiger partial charge on any atom is -0.349 e. The van der Waals surface area contributed by atoms with Gasteiger partial charge < -0.3 is 10.6 Å². The van der Waals surface area contributed by atoms with E-state index in [9.17, 15) is 4.79 Å². The van der Waals surface area contributed by atoms with E-state index in [1.54, 1.807) is 0 Å². The van der Waals surface area contributed by atoms with Gasteiger partial charge in [-0.25, -0.2) is 0 Å². The second-order valence-electron chi connectivity index (χ2n) is 6.25. The highest BCUT2D eigenvalue weighted by atomic mass is 16.1. The lowest BCUT2D eigenvalue weighted by atomic mass is 10.00. The average Bonchev–Trinajstić information content (AvgIpc) is 2.55. The summed E-state index contributed by atoms with van der Waals surface area (Å²) >= 11 is 0. The Morgan fingerprint density at radius 2 is 2.00 bits per heavy atom. The molecule has 0 spiro atoms. The van der Waals surface area contributed by atoms with Gasteiger partial charge in [-0.2, -0.15) is 0 Å². The first-order valence-corrected chi connectivity index (χ1v) is 8.21. The smallest absolute Gasteiger partial charge is 0.253 e. The van der Waals surface area contributed by atoms with Crippen molar-refractivity contribution in [3.05, 3.63) is 53.7 Å². The summed E-state index contributed by atoms with van der Waals surface area (Å²) in [6, 6.07) is 14.5. The molecule has 0 aliphatic carbocycles. The molecule has 2 unspecified atom stereocenters. The third kappa shape index (κ3) is 3.77. The Bertz CT molecular complexity index is 684. The van der Waals surface area contributed by atoms with Crippen LogP contribution in [-0.4, -0.2) is 29.5 Å². The number of aryl methyl sites for hydroxylation is 1. The van der Waals surface area contributed by atoms with Crippen molar-refractivity contribution < 1.29 is 4.79 Å². The first kappa shape index (κ1) is 15.7. The molecule has 4 heteroatoms. The number of carbonyl (C=O) groups is 1. The Hall–Kier alpha value is -2.20. The normalized spacial score (nSPS) is 21.0. The maximum absolute atomic E-state index is 12.5. The van der Waals surface area contributed by atoms with Gasteiger partial charge in [-0.1, -0.05) is 30.3 Å². The molecule has 1 amide bonds. The predicted molar refractivity (Wildman–Crippen MR) is 92.4 cm³/mol. The van der Waals surface area contributed by atoms with Crippen molar-refractivity contribution in [1.29, 1.82) is 0 Å². The van der Waals surface area contributed by atoms with E-state index in [1.807, 2.05) is 49.4 Å². The Kier molecular flexibility index (Phi) is 4.72. The summed E-state index contributed by atoms with van der Waals surface area (Å²) in [7, 11) is 0. The predicted octanol–water partition coefficient (Wildman–Crippen LogP) is 2.93. The fourth-order valence-electron chi connectivity index (χ4n) is 3.10. The van der Waals surface area contributed by atoms with Crippen LogP contribution < -0.4 is 10.6 Å². The lowest BCUT2D eigenvalue weighted by Gasteiger charge is -2.28. The van der Waals surface area contributed by atoms with Crippen LogP contribution in [-0.2, 0) is 0 Å². The lowest BCUT2D eigenvalue weighted by molar-refractivity contribution is 0.0924. The number of nitrogens with one attached hydrogen (secondary N) is 2. The highest BCUT2D eigenvalue weighted by molar-refractivity contribution is 5.95. The zero-order valence-corrected chi connectivity index (χ0v) is 13.7. The molecule has 1 aliphatic heterocycles. The van der Waals surface area contributed by atoms with Crippen LogP contribution in [0, 0.1) is 6.92 Å². The van der Waals surface area contributed by atoms with Crippen LogP contribution in [0.1, 0.15) is 35.8 Å². The molecule has 23 heavy (non-hydrogen) atoms. The second-order valence-corrected chi connectivity index (χ2v) is 6.25. The summed E-state index contributed by atoms with van der Waals surface area (Å²) in [4.78, 5) is 17.1. The van der Waals surface area contributed by atoms with Crippen LogP contribution in [0.15, 0.2) is 42.5 Å². The van der Waals surface area contributed by atoms with Gasteiger partial charge in [0.2, 0.25) is 0 Å². The van der Waals surface area contributed by atoms with Crippen molar-refractivity contribution in [3.8, 4) is 11.3 Å². The first-order valence-electron chi connectivity index (χ1n) is 8.21. The van der Waals surface area contributed by atoms with Gasteiger partial charge in [-0.15, -0.1) is 0 Å². The van der Waals surface area contributed by atoms with Crippen molar-refractivity contribution >= 4 is 5.91 Å². The van der Waals surface area contributed by atoms with Crippen LogP contribution >= 0.6 is 0 Å². The molecule has 1 fully saturated rings. The van der Waals surface area contributed by atoms with Gasteiger partial charge in [0.1, 0.15) is 0 Å². The van der Waals surface area contributed by atoms with Crippen molar-refractivity contribution in [2.24, 2.45) is 0 Å². The molecule has 1 aromatic heterocycles. The molecule has 4 nitrogen and oxygen atoms in total. The highest BCUT2D eigenvalue weighted by Crippen LogP contribution is 2.19. The summed E-state index contributed by atoms with van der Waals surface area (Å²) < 4.78 is 0. The molecule has 1 aliphatic rings. The monoisotopic (exact) mass is 309 g/mol. The highest BCUT2D eigenvalue weighted by Gasteiger charge is 2.21. The van der Waals surface area contributed by atoms with Crippen LogP contribution in [0.2, 0.25) is 0 Å². The topological polar surface area (TPSA) is 54.0 Å². The van der Waals surface area contributed by atoms with E-state index in [4.69, 9.17) is 0 Å². The molecule has 0 bridgehead atoms. The Morgan fingerprint density at radius 3 is 2.70 bits per heavy atom. The van der Waals surface area contributed by atoms with E-state index in [1.165, 1.54) is 0 Å². The standard InChI is InChI=1S/C19H23N3O/c1-13-12-16(10-11-20-13)22-19(23)17-8-9-18(21-14(17)2)15-6-4-3-5-7-15/h3-9,13,16,20H,10-12H2,1-2H3,(H,22,23). The molecular formula is C19H23N3O. The van der Waals surface area contributed by atoms with Crippen LogP contribution in [0.3, 0.4) is 0 Å². The number of piperidine rings is 1. The molecule has 2 heterocycles. The minimum atomic E-state index is -0.0197. The van der Waals surface area contributed by atoms with Crippen molar-refractivity contribution in [1.82, 2.24) is 15.6 Å². The molecule has 120 valence electrons. The number of aromatic nitrogens is 1. The number of hydrogen-bond donors (Lipinski definition) is 2. The molecule has 2 N–H and O–H groups in total. The Balaban J connectivity index is 1.74. The first-order chi connectivity index (χ1) is 11.1. The minimum absolute atomic E-state index is 0.0197. The third-order valence-electron chi connectivity index (χ3n) is 4.36. The Labute approximate surface area is 137 Å². The fourth-order valence-corrected chi connectivity index (χ4v) is 3.10. The van der Waals surface area contributed by atoms with E-state index >= 15 is 0 Å². The zero-order chi connectivity index (χ0) is 16.2. The van der Waals surface area contributed by atoms with E-state index in [0.29, 0.717) is 11.6 Å². The molecule has 2 atom stereocenters. The maximum atomic E-state index is 12.5. The number of pyridine rings is 1. The lowest BCUT2D eigenvalue weighted by Crippen LogP contribution is -2.46. The largest absolute Gasteiger partial charge is 0.349 e. The summed E-state index contributed by atoms with van der Waals surface area (Å²) in [5, 5.41) is 6.55. The van der Waals surface area contributed by atoms with Crippen LogP contribution in [0.4, 0.5) is 0 Å². The average molecular weight is 309 g/mol. The van der Waals surface area contributed by atoms with Gasteiger partial charge in [0.25, 0.3) is 5.91 Å². The third-order valence-corrected chi connectivity index (χ3v) is 4.36. The number of nitrogens with zero attached hydrogens (tertiary/aromatic N) is 1. The molecule has 3 rings (SSSR count). The van der Waals surface area contributed by atoms with Crippen molar-refractivity contribution in [2.45, 2.75) is 38.8 Å².